The van der Waals surface area contributed by atoms with Crippen LogP contribution in [0, 0.1) is 21.4 Å². The third-order valence-electron chi connectivity index (χ3n) is 4.83. The number of aromatic carboxylic acids is 1. The number of amides is 1. The van der Waals surface area contributed by atoms with Gasteiger partial charge in [-0.15, -0.1) is 0 Å². The average Bonchev–Trinajstić information content (AvgIpc) is 2.86. The van der Waals surface area contributed by atoms with Crippen molar-refractivity contribution < 1.29 is 29.1 Å². The summed E-state index contributed by atoms with van der Waals surface area (Å²) in [6.07, 6.45) is 1.30. The number of carboxylic acid groups (broad SMARTS) is 1. The monoisotopic (exact) mass is 507 g/mol. The molecule has 3 rings (SSSR count). The lowest BCUT2D eigenvalue weighted by Crippen LogP contribution is -2.14. The lowest BCUT2D eigenvalue weighted by molar-refractivity contribution is -0.384. The number of hydrogen-bond acceptors (Lipinski definition) is 7. The molecule has 0 aromatic heterocycles. The first kappa shape index (κ1) is 25.7. The molecule has 0 atom stereocenters. The highest BCUT2D eigenvalue weighted by Crippen LogP contribution is 2.37. The summed E-state index contributed by atoms with van der Waals surface area (Å²) in [7, 11) is 1.39. The van der Waals surface area contributed by atoms with E-state index < -0.39 is 16.8 Å². The molecule has 0 bridgehead atoms. The lowest BCUT2D eigenvalue weighted by Gasteiger charge is -2.13. The Morgan fingerprint density at radius 1 is 1.19 bits per heavy atom. The van der Waals surface area contributed by atoms with E-state index in [9.17, 15) is 25.0 Å². The van der Waals surface area contributed by atoms with Crippen LogP contribution in [0.15, 0.2) is 66.2 Å². The van der Waals surface area contributed by atoms with Crippen molar-refractivity contribution in [3.63, 3.8) is 0 Å². The standard InChI is InChI=1S/C25H18ClN3O7/c1-35-22-11-16(9-18(13-27)24(30)28-19-4-2-3-17(12-19)25(31)32)10-21(26)23(22)36-14-15-5-7-20(8-6-15)29(33)34/h2-12H,14H2,1H3,(H,28,30)(H,31,32)/b18-9-. The largest absolute Gasteiger partial charge is 0.493 e. The van der Waals surface area contributed by atoms with Crippen LogP contribution in [0.3, 0.4) is 0 Å². The van der Waals surface area contributed by atoms with Crippen LogP contribution >= 0.6 is 11.6 Å². The van der Waals surface area contributed by atoms with Crippen molar-refractivity contribution in [3.8, 4) is 17.6 Å². The van der Waals surface area contributed by atoms with Gasteiger partial charge in [-0.3, -0.25) is 14.9 Å². The predicted molar refractivity (Wildman–Crippen MR) is 131 cm³/mol. The summed E-state index contributed by atoms with van der Waals surface area (Å²) in [5.41, 5.74) is 0.942. The fraction of sp³-hybridized carbons (Fsp3) is 0.0800. The molecule has 3 aromatic carbocycles. The van der Waals surface area contributed by atoms with E-state index in [0.29, 0.717) is 11.1 Å². The topological polar surface area (TPSA) is 152 Å². The van der Waals surface area contributed by atoms with Crippen LogP contribution in [0.25, 0.3) is 6.08 Å². The molecular weight excluding hydrogens is 490 g/mol. The molecule has 0 fully saturated rings. The van der Waals surface area contributed by atoms with E-state index in [0.717, 1.165) is 0 Å². The highest BCUT2D eigenvalue weighted by atomic mass is 35.5. The molecule has 3 aromatic rings. The molecule has 10 nitrogen and oxygen atoms in total. The van der Waals surface area contributed by atoms with Crippen molar-refractivity contribution in [2.45, 2.75) is 6.61 Å². The van der Waals surface area contributed by atoms with E-state index in [1.807, 2.05) is 6.07 Å². The van der Waals surface area contributed by atoms with Gasteiger partial charge < -0.3 is 19.9 Å². The molecule has 0 aliphatic rings. The van der Waals surface area contributed by atoms with E-state index in [1.54, 1.807) is 12.1 Å². The van der Waals surface area contributed by atoms with Crippen LogP contribution in [0.5, 0.6) is 11.5 Å². The number of hydrogen-bond donors (Lipinski definition) is 2. The SMILES string of the molecule is COc1cc(/C=C(/C#N)C(=O)Nc2cccc(C(=O)O)c2)cc(Cl)c1OCc1ccc([N+](=O)[O-])cc1. The number of halogens is 1. The Morgan fingerprint density at radius 3 is 2.53 bits per heavy atom. The fourth-order valence-electron chi connectivity index (χ4n) is 3.08. The Bertz CT molecular complexity index is 1400. The molecular formula is C25H18ClN3O7. The molecule has 0 aliphatic heterocycles. The molecule has 182 valence electrons. The van der Waals surface area contributed by atoms with Crippen LogP contribution in [0.1, 0.15) is 21.5 Å². The minimum atomic E-state index is -1.15. The van der Waals surface area contributed by atoms with Crippen molar-refractivity contribution in [2.24, 2.45) is 0 Å². The van der Waals surface area contributed by atoms with Crippen molar-refractivity contribution in [2.75, 3.05) is 12.4 Å². The van der Waals surface area contributed by atoms with E-state index in [1.165, 1.54) is 61.7 Å². The van der Waals surface area contributed by atoms with Crippen molar-refractivity contribution >= 4 is 40.9 Å². The van der Waals surface area contributed by atoms with E-state index >= 15 is 0 Å². The molecule has 1 amide bonds. The quantitative estimate of drug-likeness (QED) is 0.176. The van der Waals surface area contributed by atoms with Gasteiger partial charge in [0.25, 0.3) is 11.6 Å². The van der Waals surface area contributed by atoms with Gasteiger partial charge in [0.05, 0.1) is 22.6 Å². The molecule has 11 heteroatoms. The maximum atomic E-state index is 12.6. The number of benzene rings is 3. The van der Waals surface area contributed by atoms with E-state index in [-0.39, 0.29) is 45.6 Å². The normalized spacial score (nSPS) is 10.8. The Labute approximate surface area is 210 Å². The zero-order valence-electron chi connectivity index (χ0n) is 18.7. The molecule has 0 saturated heterocycles. The van der Waals surface area contributed by atoms with Gasteiger partial charge in [-0.25, -0.2) is 4.79 Å². The summed E-state index contributed by atoms with van der Waals surface area (Å²) in [6.45, 7) is 0.0600. The first-order valence-corrected chi connectivity index (χ1v) is 10.6. The summed E-state index contributed by atoms with van der Waals surface area (Å²) < 4.78 is 11.1. The van der Waals surface area contributed by atoms with Gasteiger partial charge in [0.1, 0.15) is 18.2 Å². The second-order valence-corrected chi connectivity index (χ2v) is 7.66. The van der Waals surface area contributed by atoms with Crippen LogP contribution in [-0.4, -0.2) is 29.0 Å². The van der Waals surface area contributed by atoms with Gasteiger partial charge in [-0.05, 0) is 59.7 Å². The first-order chi connectivity index (χ1) is 17.2. The van der Waals surface area contributed by atoms with Gasteiger partial charge in [0, 0.05) is 17.8 Å². The maximum Gasteiger partial charge on any atom is 0.335 e. The highest BCUT2D eigenvalue weighted by Gasteiger charge is 2.15. The van der Waals surface area contributed by atoms with Crippen LogP contribution in [0.2, 0.25) is 5.02 Å². The molecule has 0 radical (unpaired) electrons. The third-order valence-corrected chi connectivity index (χ3v) is 5.11. The molecule has 2 N–H and O–H groups in total. The van der Waals surface area contributed by atoms with Crippen molar-refractivity contribution in [1.29, 1.82) is 5.26 Å². The Hall–Kier alpha value is -4.88. The summed E-state index contributed by atoms with van der Waals surface area (Å²) in [4.78, 5) is 34.0. The Morgan fingerprint density at radius 2 is 1.92 bits per heavy atom. The number of anilines is 1. The lowest BCUT2D eigenvalue weighted by atomic mass is 10.1. The van der Waals surface area contributed by atoms with Crippen molar-refractivity contribution in [3.05, 3.63) is 98.1 Å². The summed E-state index contributed by atoms with van der Waals surface area (Å²) in [5.74, 6) is -1.45. The number of carbonyl (C=O) groups excluding carboxylic acids is 1. The number of nitro benzene ring substituents is 1. The smallest absolute Gasteiger partial charge is 0.335 e. The number of carboxylic acids is 1. The van der Waals surface area contributed by atoms with Crippen LogP contribution in [-0.2, 0) is 11.4 Å². The molecule has 0 heterocycles. The van der Waals surface area contributed by atoms with Crippen molar-refractivity contribution in [1.82, 2.24) is 0 Å². The number of ether oxygens (including phenoxy) is 2. The number of carbonyl (C=O) groups is 2. The zero-order valence-corrected chi connectivity index (χ0v) is 19.5. The minimum absolute atomic E-state index is 0.0175. The number of methoxy groups -OCH3 is 1. The number of nitrogens with zero attached hydrogens (tertiary/aromatic N) is 2. The Balaban J connectivity index is 1.79. The number of nitrogens with one attached hydrogen (secondary N) is 1. The van der Waals surface area contributed by atoms with Crippen LogP contribution in [0.4, 0.5) is 11.4 Å². The number of nitriles is 1. The number of rotatable bonds is 9. The first-order valence-electron chi connectivity index (χ1n) is 10.2. The minimum Gasteiger partial charge on any atom is -0.493 e. The second-order valence-electron chi connectivity index (χ2n) is 7.26. The molecule has 36 heavy (non-hydrogen) atoms. The molecule has 0 unspecified atom stereocenters. The average molecular weight is 508 g/mol. The van der Waals surface area contributed by atoms with Gasteiger partial charge in [-0.1, -0.05) is 17.7 Å². The van der Waals surface area contributed by atoms with Gasteiger partial charge in [0.15, 0.2) is 11.5 Å². The number of nitro groups is 1. The summed E-state index contributed by atoms with van der Waals surface area (Å²) in [6, 6.07) is 16.2. The third kappa shape index (κ3) is 6.37. The van der Waals surface area contributed by atoms with E-state index in [2.05, 4.69) is 5.32 Å². The maximum absolute atomic E-state index is 12.6. The zero-order chi connectivity index (χ0) is 26.2. The Kier molecular flexibility index (Phi) is 8.22. The number of non-ortho nitro benzene ring substituents is 1. The predicted octanol–water partition coefficient (Wildman–Crippen LogP) is 5.08. The highest BCUT2D eigenvalue weighted by molar-refractivity contribution is 6.32. The van der Waals surface area contributed by atoms with Crippen LogP contribution < -0.4 is 14.8 Å². The van der Waals surface area contributed by atoms with E-state index in [4.69, 9.17) is 26.2 Å². The molecule has 0 aliphatic carbocycles. The van der Waals surface area contributed by atoms with Gasteiger partial charge >= 0.3 is 5.97 Å². The van der Waals surface area contributed by atoms with Gasteiger partial charge in [0.2, 0.25) is 0 Å². The fourth-order valence-corrected chi connectivity index (χ4v) is 3.35. The van der Waals surface area contributed by atoms with Gasteiger partial charge in [-0.2, -0.15) is 5.26 Å². The second kappa shape index (κ2) is 11.5. The molecule has 0 saturated carbocycles. The summed E-state index contributed by atoms with van der Waals surface area (Å²) >= 11 is 6.37. The summed E-state index contributed by atoms with van der Waals surface area (Å²) in [5, 5.41) is 32.0. The molecule has 0 spiro atoms.